The molecular formula is C44H36Cl6N8O6. The Morgan fingerprint density at radius 3 is 1.09 bits per heavy atom. The minimum atomic E-state index is -1.59. The number of hydrogen-bond acceptors (Lipinski definition) is 10. The molecule has 5 aromatic carbocycles. The van der Waals surface area contributed by atoms with Crippen LogP contribution in [-0.2, 0) is 32.0 Å². The quantitative estimate of drug-likeness (QED) is 0.0560. The van der Waals surface area contributed by atoms with Crippen molar-refractivity contribution < 1.29 is 28.8 Å². The van der Waals surface area contributed by atoms with Crippen LogP contribution in [0, 0.1) is 0 Å². The van der Waals surface area contributed by atoms with Crippen LogP contribution < -0.4 is 21.3 Å². The SMILES string of the molecule is CCc1cc(NC(=O)C(N=Nc2cc(Cl)cc(C(=O)Nc3cc(Cl)cc(Cl)c3)c2)C(C)=O)c(CC)cc1NC(=O)C(N=Nc1cc(Cl)cc(C(=O)Nc2cc(Cl)cc(Cl)c2)c1)C(C)=O. The minimum Gasteiger partial charge on any atom is -0.323 e. The first-order valence-corrected chi connectivity index (χ1v) is 21.3. The Hall–Kier alpha value is -5.74. The number of anilines is 4. The van der Waals surface area contributed by atoms with Gasteiger partial charge in [0.2, 0.25) is 12.1 Å². The largest absolute Gasteiger partial charge is 0.323 e. The molecule has 0 radical (unpaired) electrons. The zero-order chi connectivity index (χ0) is 46.8. The van der Waals surface area contributed by atoms with Gasteiger partial charge in [-0.3, -0.25) is 28.8 Å². The molecule has 330 valence electrons. The molecule has 20 heteroatoms. The summed E-state index contributed by atoms with van der Waals surface area (Å²) in [6, 6.07) is 17.5. The van der Waals surface area contributed by atoms with Gasteiger partial charge in [-0.05, 0) is 123 Å². The van der Waals surface area contributed by atoms with E-state index in [1.807, 2.05) is 13.8 Å². The van der Waals surface area contributed by atoms with Crippen LogP contribution in [0.4, 0.5) is 34.1 Å². The van der Waals surface area contributed by atoms with Crippen molar-refractivity contribution in [1.82, 2.24) is 0 Å². The molecule has 0 heterocycles. The number of Topliss-reactive ketones (excluding diaryl/α,β-unsaturated/α-hetero) is 2. The van der Waals surface area contributed by atoms with Gasteiger partial charge in [0, 0.05) is 64.0 Å². The molecule has 4 N–H and O–H groups in total. The fourth-order valence-electron chi connectivity index (χ4n) is 5.98. The molecule has 2 atom stereocenters. The molecule has 0 aliphatic heterocycles. The number of hydrogen-bond donors (Lipinski definition) is 4. The average Bonchev–Trinajstić information content (AvgIpc) is 3.19. The summed E-state index contributed by atoms with van der Waals surface area (Å²) in [5.41, 5.74) is 2.88. The fraction of sp³-hybridized carbons (Fsp3) is 0.182. The van der Waals surface area contributed by atoms with Gasteiger partial charge in [-0.15, -0.1) is 0 Å². The summed E-state index contributed by atoms with van der Waals surface area (Å²) in [7, 11) is 0. The maximum atomic E-state index is 13.6. The highest BCUT2D eigenvalue weighted by molar-refractivity contribution is 6.36. The van der Waals surface area contributed by atoms with Gasteiger partial charge in [0.1, 0.15) is 0 Å². The van der Waals surface area contributed by atoms with Crippen molar-refractivity contribution in [1.29, 1.82) is 0 Å². The first-order valence-electron chi connectivity index (χ1n) is 19.1. The standard InChI is InChI=1S/C44H36Cl6N8O6/c1-5-23-11-38(54-44(64)40(22(4)60)58-56-36-10-26(8-28(46)20-36)42(62)52-34-17-31(49)14-32(50)18-34)24(6-2)12-37(23)53-43(63)39(21(3)59)57-55-35-9-25(7-27(45)19-35)41(61)51-33-15-29(47)13-30(48)16-33/h7-20,39-40H,5-6H2,1-4H3,(H,51,61)(H,52,62)(H,53,63)(H,54,64). The van der Waals surface area contributed by atoms with E-state index in [9.17, 15) is 28.8 Å². The lowest BCUT2D eigenvalue weighted by molar-refractivity contribution is -0.127. The predicted molar refractivity (Wildman–Crippen MR) is 252 cm³/mol. The predicted octanol–water partition coefficient (Wildman–Crippen LogP) is 12.6. The van der Waals surface area contributed by atoms with Gasteiger partial charge < -0.3 is 21.3 Å². The van der Waals surface area contributed by atoms with Gasteiger partial charge in [0.15, 0.2) is 11.6 Å². The molecule has 14 nitrogen and oxygen atoms in total. The van der Waals surface area contributed by atoms with E-state index in [1.54, 1.807) is 12.1 Å². The first-order chi connectivity index (χ1) is 30.3. The topological polar surface area (TPSA) is 200 Å². The van der Waals surface area contributed by atoms with Gasteiger partial charge in [-0.25, -0.2) is 0 Å². The Balaban J connectivity index is 1.31. The van der Waals surface area contributed by atoms with E-state index < -0.39 is 47.3 Å². The van der Waals surface area contributed by atoms with E-state index in [2.05, 4.69) is 41.7 Å². The normalized spacial score (nSPS) is 12.2. The van der Waals surface area contributed by atoms with E-state index >= 15 is 0 Å². The van der Waals surface area contributed by atoms with Crippen molar-refractivity contribution in [2.75, 3.05) is 21.3 Å². The number of carbonyl (C=O) groups is 6. The highest BCUT2D eigenvalue weighted by Gasteiger charge is 2.27. The number of nitrogens with zero attached hydrogens (tertiary/aromatic N) is 4. The van der Waals surface area contributed by atoms with Crippen molar-refractivity contribution in [2.45, 2.75) is 52.6 Å². The lowest BCUT2D eigenvalue weighted by Crippen LogP contribution is -2.33. The second-order valence-corrected chi connectivity index (χ2v) is 16.5. The Kier molecular flexibility index (Phi) is 17.1. The second kappa shape index (κ2) is 22.2. The number of aryl methyl sites for hydroxylation is 2. The maximum Gasteiger partial charge on any atom is 0.258 e. The van der Waals surface area contributed by atoms with Crippen LogP contribution in [0.5, 0.6) is 0 Å². The van der Waals surface area contributed by atoms with E-state index in [4.69, 9.17) is 69.6 Å². The molecule has 0 fully saturated rings. The summed E-state index contributed by atoms with van der Waals surface area (Å²) in [6.07, 6.45) is 0.739. The molecule has 0 spiro atoms. The number of rotatable bonds is 16. The third-order valence-electron chi connectivity index (χ3n) is 8.98. The van der Waals surface area contributed by atoms with Crippen molar-refractivity contribution in [2.24, 2.45) is 20.5 Å². The number of benzene rings is 5. The van der Waals surface area contributed by atoms with Gasteiger partial charge >= 0.3 is 0 Å². The number of nitrogens with one attached hydrogen (secondary N) is 4. The number of ketones is 2. The summed E-state index contributed by atoms with van der Waals surface area (Å²) in [5, 5.41) is 28.5. The van der Waals surface area contributed by atoms with Crippen LogP contribution in [0.15, 0.2) is 105 Å². The molecule has 0 saturated carbocycles. The Labute approximate surface area is 397 Å². The van der Waals surface area contributed by atoms with Gasteiger partial charge in [0.05, 0.1) is 11.4 Å². The van der Waals surface area contributed by atoms with Crippen LogP contribution in [-0.4, -0.2) is 47.3 Å². The van der Waals surface area contributed by atoms with Crippen molar-refractivity contribution in [3.8, 4) is 0 Å². The first kappa shape index (κ1) is 49.3. The minimum absolute atomic E-state index is 0.0904. The molecule has 5 rings (SSSR count). The summed E-state index contributed by atoms with van der Waals surface area (Å²) in [4.78, 5) is 78.6. The highest BCUT2D eigenvalue weighted by atomic mass is 35.5. The van der Waals surface area contributed by atoms with Crippen molar-refractivity contribution in [3.05, 3.63) is 137 Å². The number of halogens is 6. The molecule has 5 aromatic rings. The zero-order valence-electron chi connectivity index (χ0n) is 34.2. The molecule has 2 unspecified atom stereocenters. The van der Waals surface area contributed by atoms with Crippen LogP contribution in [0.2, 0.25) is 30.1 Å². The molecule has 0 aliphatic rings. The van der Waals surface area contributed by atoms with E-state index in [1.165, 1.54) is 86.6 Å². The third kappa shape index (κ3) is 13.6. The van der Waals surface area contributed by atoms with E-state index in [0.29, 0.717) is 66.8 Å². The molecular weight excluding hydrogens is 949 g/mol. The molecule has 0 bridgehead atoms. The highest BCUT2D eigenvalue weighted by Crippen LogP contribution is 2.30. The van der Waals surface area contributed by atoms with Crippen LogP contribution in [0.3, 0.4) is 0 Å². The zero-order valence-corrected chi connectivity index (χ0v) is 38.7. The molecule has 64 heavy (non-hydrogen) atoms. The van der Waals surface area contributed by atoms with Crippen LogP contribution in [0.25, 0.3) is 0 Å². The average molecular weight is 986 g/mol. The summed E-state index contributed by atoms with van der Waals surface area (Å²) < 4.78 is 0. The summed E-state index contributed by atoms with van der Waals surface area (Å²) >= 11 is 36.7. The van der Waals surface area contributed by atoms with Gasteiger partial charge in [-0.2, -0.15) is 20.5 Å². The van der Waals surface area contributed by atoms with Gasteiger partial charge in [-0.1, -0.05) is 83.5 Å². The molecule has 4 amide bonds. The number of azo groups is 2. The fourth-order valence-corrected chi connectivity index (χ4v) is 7.49. The molecule has 0 aliphatic carbocycles. The van der Waals surface area contributed by atoms with E-state index in [-0.39, 0.29) is 32.5 Å². The Morgan fingerprint density at radius 2 is 0.781 bits per heavy atom. The maximum absolute atomic E-state index is 13.6. The summed E-state index contributed by atoms with van der Waals surface area (Å²) in [5.74, 6) is -3.96. The number of carbonyl (C=O) groups excluding carboxylic acids is 6. The Bertz CT molecular complexity index is 2520. The lowest BCUT2D eigenvalue weighted by Gasteiger charge is -2.18. The Morgan fingerprint density at radius 1 is 0.453 bits per heavy atom. The van der Waals surface area contributed by atoms with E-state index in [0.717, 1.165) is 0 Å². The second-order valence-electron chi connectivity index (χ2n) is 13.9. The van der Waals surface area contributed by atoms with Crippen LogP contribution >= 0.6 is 69.6 Å². The van der Waals surface area contributed by atoms with Crippen LogP contribution in [0.1, 0.15) is 59.5 Å². The van der Waals surface area contributed by atoms with Gasteiger partial charge in [0.25, 0.3) is 23.6 Å². The monoisotopic (exact) mass is 982 g/mol. The smallest absolute Gasteiger partial charge is 0.258 e. The van der Waals surface area contributed by atoms with Crippen molar-refractivity contribution >= 4 is 139 Å². The van der Waals surface area contributed by atoms with Crippen molar-refractivity contribution in [3.63, 3.8) is 0 Å². The lowest BCUT2D eigenvalue weighted by atomic mass is 10.0. The molecule has 0 saturated heterocycles. The third-order valence-corrected chi connectivity index (χ3v) is 10.3. The number of amides is 4. The summed E-state index contributed by atoms with van der Waals surface area (Å²) in [6.45, 7) is 5.98. The molecule has 0 aromatic heterocycles.